The smallest absolute Gasteiger partial charge is 0.385 e. The molecule has 1 aromatic rings. The molecule has 0 bridgehead atoms. The van der Waals surface area contributed by atoms with Crippen LogP contribution in [0.4, 0.5) is 13.2 Å². The van der Waals surface area contributed by atoms with E-state index in [1.807, 2.05) is 0 Å². The molecule has 0 spiro atoms. The largest absolute Gasteiger partial charge is 0.396 e. The van der Waals surface area contributed by atoms with Gasteiger partial charge < -0.3 is 15.0 Å². The van der Waals surface area contributed by atoms with Gasteiger partial charge in [-0.3, -0.25) is 0 Å². The van der Waals surface area contributed by atoms with Gasteiger partial charge in [-0.2, -0.15) is 18.2 Å². The SMILES string of the molecule is COCCCC(N)c1nc(CC(F)(F)F)no1. The monoisotopic (exact) mass is 253 g/mol. The van der Waals surface area contributed by atoms with Gasteiger partial charge in [-0.15, -0.1) is 0 Å². The van der Waals surface area contributed by atoms with Crippen molar-refractivity contribution in [2.45, 2.75) is 31.5 Å². The standard InChI is InChI=1S/C9H14F3N3O2/c1-16-4-2-3-6(13)8-14-7(15-17-8)5-9(10,11)12/h6H,2-5,13H2,1H3. The van der Waals surface area contributed by atoms with E-state index in [1.54, 1.807) is 7.11 Å². The zero-order valence-corrected chi connectivity index (χ0v) is 9.33. The van der Waals surface area contributed by atoms with E-state index >= 15 is 0 Å². The molecule has 0 aliphatic carbocycles. The van der Waals surface area contributed by atoms with Crippen molar-refractivity contribution >= 4 is 0 Å². The van der Waals surface area contributed by atoms with Crippen molar-refractivity contribution in [2.24, 2.45) is 5.73 Å². The van der Waals surface area contributed by atoms with Gasteiger partial charge in [0.25, 0.3) is 0 Å². The summed E-state index contributed by atoms with van der Waals surface area (Å²) in [5.41, 5.74) is 5.68. The maximum atomic E-state index is 12.0. The minimum Gasteiger partial charge on any atom is -0.385 e. The average Bonchev–Trinajstić information content (AvgIpc) is 2.64. The molecule has 0 fully saturated rings. The maximum Gasteiger partial charge on any atom is 0.396 e. The fourth-order valence-electron chi connectivity index (χ4n) is 1.24. The van der Waals surface area contributed by atoms with Crippen LogP contribution in [0.1, 0.15) is 30.6 Å². The molecule has 1 rings (SSSR count). The van der Waals surface area contributed by atoms with Crippen LogP contribution in [0.2, 0.25) is 0 Å². The molecular formula is C9H14F3N3O2. The van der Waals surface area contributed by atoms with Gasteiger partial charge in [0.05, 0.1) is 6.04 Å². The molecule has 5 nitrogen and oxygen atoms in total. The second kappa shape index (κ2) is 5.97. The molecule has 1 atom stereocenters. The van der Waals surface area contributed by atoms with Crippen LogP contribution < -0.4 is 5.73 Å². The predicted octanol–water partition coefficient (Wildman–Crippen LogP) is 1.60. The lowest BCUT2D eigenvalue weighted by atomic mass is 10.2. The Bertz CT molecular complexity index is 340. The Labute approximate surface area is 96.1 Å². The number of hydrogen-bond acceptors (Lipinski definition) is 5. The van der Waals surface area contributed by atoms with Crippen molar-refractivity contribution in [1.82, 2.24) is 10.1 Å². The molecule has 1 heterocycles. The second-order valence-electron chi connectivity index (χ2n) is 3.58. The third-order valence-corrected chi connectivity index (χ3v) is 2.02. The van der Waals surface area contributed by atoms with Gasteiger partial charge >= 0.3 is 6.18 Å². The van der Waals surface area contributed by atoms with Gasteiger partial charge in [0.15, 0.2) is 5.82 Å². The quantitative estimate of drug-likeness (QED) is 0.779. The molecule has 0 amide bonds. The number of hydrogen-bond donors (Lipinski definition) is 1. The van der Waals surface area contributed by atoms with E-state index in [2.05, 4.69) is 14.7 Å². The zero-order chi connectivity index (χ0) is 12.9. The highest BCUT2D eigenvalue weighted by atomic mass is 19.4. The molecule has 0 aliphatic rings. The van der Waals surface area contributed by atoms with Gasteiger partial charge in [-0.05, 0) is 12.8 Å². The average molecular weight is 253 g/mol. The zero-order valence-electron chi connectivity index (χ0n) is 9.33. The Kier molecular flexibility index (Phi) is 4.88. The number of aromatic nitrogens is 2. The Hall–Kier alpha value is -1.15. The highest BCUT2D eigenvalue weighted by Gasteiger charge is 2.31. The first kappa shape index (κ1) is 13.9. The first-order valence-corrected chi connectivity index (χ1v) is 5.06. The van der Waals surface area contributed by atoms with Crippen LogP contribution in [-0.4, -0.2) is 30.0 Å². The van der Waals surface area contributed by atoms with Crippen molar-refractivity contribution in [2.75, 3.05) is 13.7 Å². The number of alkyl halides is 3. The van der Waals surface area contributed by atoms with Crippen LogP contribution in [0.25, 0.3) is 0 Å². The van der Waals surface area contributed by atoms with Gasteiger partial charge in [-0.1, -0.05) is 5.16 Å². The van der Waals surface area contributed by atoms with Gasteiger partial charge in [0.1, 0.15) is 6.42 Å². The van der Waals surface area contributed by atoms with Crippen LogP contribution in [0, 0.1) is 0 Å². The third kappa shape index (κ3) is 5.14. The topological polar surface area (TPSA) is 74.2 Å². The molecule has 0 saturated heterocycles. The second-order valence-corrected chi connectivity index (χ2v) is 3.58. The maximum absolute atomic E-state index is 12.0. The van der Waals surface area contributed by atoms with Crippen LogP contribution in [-0.2, 0) is 11.2 Å². The van der Waals surface area contributed by atoms with E-state index in [0.717, 1.165) is 0 Å². The van der Waals surface area contributed by atoms with Gasteiger partial charge in [0.2, 0.25) is 5.89 Å². The molecule has 17 heavy (non-hydrogen) atoms. The lowest BCUT2D eigenvalue weighted by Crippen LogP contribution is -2.14. The molecule has 0 saturated carbocycles. The van der Waals surface area contributed by atoms with Crippen LogP contribution in [0.5, 0.6) is 0 Å². The molecule has 1 aromatic heterocycles. The molecular weight excluding hydrogens is 239 g/mol. The van der Waals surface area contributed by atoms with E-state index in [4.69, 9.17) is 10.5 Å². The summed E-state index contributed by atoms with van der Waals surface area (Å²) in [6.07, 6.45) is -4.36. The number of rotatable bonds is 6. The minimum absolute atomic E-state index is 0.0281. The molecule has 2 N–H and O–H groups in total. The number of ether oxygens (including phenoxy) is 1. The van der Waals surface area contributed by atoms with E-state index in [9.17, 15) is 13.2 Å². The van der Waals surface area contributed by atoms with Crippen molar-refractivity contribution in [1.29, 1.82) is 0 Å². The molecule has 8 heteroatoms. The summed E-state index contributed by atoms with van der Waals surface area (Å²) >= 11 is 0. The van der Waals surface area contributed by atoms with Crippen molar-refractivity contribution in [3.8, 4) is 0 Å². The van der Waals surface area contributed by atoms with E-state index in [0.29, 0.717) is 19.4 Å². The summed E-state index contributed by atoms with van der Waals surface area (Å²) in [6.45, 7) is 0.525. The molecule has 98 valence electrons. The number of nitrogens with zero attached hydrogens (tertiary/aromatic N) is 2. The van der Waals surface area contributed by atoms with Crippen LogP contribution >= 0.6 is 0 Å². The van der Waals surface area contributed by atoms with E-state index < -0.39 is 24.5 Å². The van der Waals surface area contributed by atoms with Gasteiger partial charge in [0, 0.05) is 13.7 Å². The summed E-state index contributed by atoms with van der Waals surface area (Å²) in [4.78, 5) is 3.61. The fourth-order valence-corrected chi connectivity index (χ4v) is 1.24. The Balaban J connectivity index is 2.49. The fraction of sp³-hybridized carbons (Fsp3) is 0.778. The van der Waals surface area contributed by atoms with Crippen LogP contribution in [0.3, 0.4) is 0 Å². The third-order valence-electron chi connectivity index (χ3n) is 2.02. The lowest BCUT2D eigenvalue weighted by molar-refractivity contribution is -0.128. The van der Waals surface area contributed by atoms with E-state index in [1.165, 1.54) is 0 Å². The van der Waals surface area contributed by atoms with Crippen molar-refractivity contribution in [3.05, 3.63) is 11.7 Å². The Morgan fingerprint density at radius 2 is 2.18 bits per heavy atom. The summed E-state index contributed by atoms with van der Waals surface area (Å²) in [5.74, 6) is -0.366. The summed E-state index contributed by atoms with van der Waals surface area (Å²) in [6, 6.07) is -0.556. The first-order chi connectivity index (χ1) is 7.92. The predicted molar refractivity (Wildman–Crippen MR) is 52.1 cm³/mol. The van der Waals surface area contributed by atoms with Gasteiger partial charge in [-0.25, -0.2) is 0 Å². The minimum atomic E-state index is -4.35. The molecule has 0 radical (unpaired) electrons. The normalized spacial score (nSPS) is 13.9. The number of halogens is 3. The highest BCUT2D eigenvalue weighted by molar-refractivity contribution is 4.93. The van der Waals surface area contributed by atoms with Crippen LogP contribution in [0.15, 0.2) is 4.52 Å². The molecule has 1 unspecified atom stereocenters. The van der Waals surface area contributed by atoms with E-state index in [-0.39, 0.29) is 5.89 Å². The highest BCUT2D eigenvalue weighted by Crippen LogP contribution is 2.21. The Morgan fingerprint density at radius 1 is 1.47 bits per heavy atom. The van der Waals surface area contributed by atoms with Crippen molar-refractivity contribution < 1.29 is 22.4 Å². The number of methoxy groups -OCH3 is 1. The number of nitrogens with two attached hydrogens (primary N) is 1. The summed E-state index contributed by atoms with van der Waals surface area (Å²) < 4.78 is 45.6. The lowest BCUT2D eigenvalue weighted by Gasteiger charge is -2.05. The molecule has 0 aliphatic heterocycles. The molecule has 0 aromatic carbocycles. The van der Waals surface area contributed by atoms with Crippen molar-refractivity contribution in [3.63, 3.8) is 0 Å². The summed E-state index contributed by atoms with van der Waals surface area (Å²) in [5, 5.41) is 3.23. The summed E-state index contributed by atoms with van der Waals surface area (Å²) in [7, 11) is 1.56. The first-order valence-electron chi connectivity index (χ1n) is 5.06. The Morgan fingerprint density at radius 3 is 2.76 bits per heavy atom.